The lowest BCUT2D eigenvalue weighted by Gasteiger charge is -2.20. The van der Waals surface area contributed by atoms with E-state index in [1.807, 2.05) is 24.3 Å². The summed E-state index contributed by atoms with van der Waals surface area (Å²) < 4.78 is 6.09. The van der Waals surface area contributed by atoms with Crippen molar-refractivity contribution in [1.29, 1.82) is 0 Å². The van der Waals surface area contributed by atoms with Crippen molar-refractivity contribution in [3.05, 3.63) is 93.9 Å². The van der Waals surface area contributed by atoms with Gasteiger partial charge in [0.05, 0.1) is 5.56 Å². The highest BCUT2D eigenvalue weighted by molar-refractivity contribution is 9.10. The number of aromatic nitrogens is 1. The minimum atomic E-state index is -0.498. The van der Waals surface area contributed by atoms with Crippen LogP contribution in [-0.4, -0.2) is 35.8 Å². The molecule has 0 unspecified atom stereocenters. The van der Waals surface area contributed by atoms with Crippen molar-refractivity contribution in [2.75, 3.05) is 23.3 Å². The van der Waals surface area contributed by atoms with E-state index in [1.165, 1.54) is 6.20 Å². The Morgan fingerprint density at radius 3 is 2.41 bits per heavy atom. The summed E-state index contributed by atoms with van der Waals surface area (Å²) in [5.74, 6) is -0.546. The molecule has 4 rings (SSSR count). The Bertz CT molecular complexity index is 1260. The summed E-state index contributed by atoms with van der Waals surface area (Å²) in [5, 5.41) is 2.81. The first-order valence-electron chi connectivity index (χ1n) is 10.9. The van der Waals surface area contributed by atoms with Gasteiger partial charge in [0.25, 0.3) is 5.91 Å². The van der Waals surface area contributed by atoms with Crippen molar-refractivity contribution in [2.45, 2.75) is 13.8 Å². The first kappa shape index (κ1) is 23.4. The van der Waals surface area contributed by atoms with Gasteiger partial charge in [-0.3, -0.25) is 9.78 Å². The van der Waals surface area contributed by atoms with E-state index < -0.39 is 5.97 Å². The number of nitrogens with one attached hydrogen (secondary N) is 1. The smallest absolute Gasteiger partial charge is 0.363 e. The summed E-state index contributed by atoms with van der Waals surface area (Å²) in [4.78, 5) is 35.3. The van der Waals surface area contributed by atoms with Gasteiger partial charge in [0.1, 0.15) is 0 Å². The number of esters is 1. The molecule has 1 aliphatic rings. The van der Waals surface area contributed by atoms with E-state index in [0.717, 1.165) is 28.8 Å². The second-order valence-electron chi connectivity index (χ2n) is 7.52. The van der Waals surface area contributed by atoms with Crippen LogP contribution in [0.1, 0.15) is 35.3 Å². The average Bonchev–Trinajstić information content (AvgIpc) is 3.21. The van der Waals surface area contributed by atoms with Gasteiger partial charge in [-0.2, -0.15) is 0 Å². The number of hydrogen-bond acceptors (Lipinski definition) is 6. The number of pyridine rings is 1. The topological polar surface area (TPSA) is 83.9 Å². The number of rotatable bonds is 7. The molecule has 8 heteroatoms. The Morgan fingerprint density at radius 1 is 1.06 bits per heavy atom. The number of cyclic esters (lactones) is 1. The number of nitrogens with zero attached hydrogens (tertiary/aromatic N) is 3. The fraction of sp³-hybridized carbons (Fsp3) is 0.154. The monoisotopic (exact) mass is 518 g/mol. The lowest BCUT2D eigenvalue weighted by molar-refractivity contribution is -0.129. The maximum absolute atomic E-state index is 12.4. The summed E-state index contributed by atoms with van der Waals surface area (Å²) in [7, 11) is 0. The van der Waals surface area contributed by atoms with Crippen molar-refractivity contribution in [3.63, 3.8) is 0 Å². The number of ether oxygens (including phenoxy) is 1. The van der Waals surface area contributed by atoms with Crippen molar-refractivity contribution in [3.8, 4) is 0 Å². The third-order valence-electron chi connectivity index (χ3n) is 5.30. The zero-order valence-electron chi connectivity index (χ0n) is 18.8. The summed E-state index contributed by atoms with van der Waals surface area (Å²) >= 11 is 3.30. The molecule has 0 saturated carbocycles. The minimum absolute atomic E-state index is 0.227. The fourth-order valence-electron chi connectivity index (χ4n) is 3.50. The largest absolute Gasteiger partial charge is 0.402 e. The summed E-state index contributed by atoms with van der Waals surface area (Å²) in [5.41, 5.74) is 3.91. The normalized spacial score (nSPS) is 14.0. The molecule has 0 radical (unpaired) electrons. The molecular formula is C26H23BrN4O3. The van der Waals surface area contributed by atoms with Gasteiger partial charge >= 0.3 is 5.97 Å². The lowest BCUT2D eigenvalue weighted by Crippen LogP contribution is -2.21. The van der Waals surface area contributed by atoms with Crippen molar-refractivity contribution in [2.24, 2.45) is 4.99 Å². The first-order chi connectivity index (χ1) is 16.5. The van der Waals surface area contributed by atoms with Crippen molar-refractivity contribution >= 4 is 51.2 Å². The van der Waals surface area contributed by atoms with Gasteiger partial charge in [-0.05, 0) is 83.9 Å². The van der Waals surface area contributed by atoms with Crippen LogP contribution in [0.5, 0.6) is 0 Å². The fourth-order valence-corrected chi connectivity index (χ4v) is 3.86. The maximum atomic E-state index is 12.4. The van der Waals surface area contributed by atoms with Crippen LogP contribution in [0.25, 0.3) is 6.08 Å². The molecule has 3 aromatic rings. The van der Waals surface area contributed by atoms with E-state index in [2.05, 4.69) is 50.0 Å². The molecule has 34 heavy (non-hydrogen) atoms. The van der Waals surface area contributed by atoms with Gasteiger partial charge in [0.15, 0.2) is 5.70 Å². The van der Waals surface area contributed by atoms with Gasteiger partial charge in [-0.1, -0.05) is 12.1 Å². The molecule has 0 atom stereocenters. The van der Waals surface area contributed by atoms with Crippen molar-refractivity contribution < 1.29 is 14.3 Å². The number of hydrogen-bond donors (Lipinski definition) is 1. The number of anilines is 2. The number of aliphatic imine (C=N–C) groups is 1. The first-order valence-corrected chi connectivity index (χ1v) is 11.7. The highest BCUT2D eigenvalue weighted by atomic mass is 79.9. The molecule has 0 spiro atoms. The number of amides is 1. The van der Waals surface area contributed by atoms with Crippen LogP contribution in [0.3, 0.4) is 0 Å². The lowest BCUT2D eigenvalue weighted by atomic mass is 10.1. The average molecular weight is 519 g/mol. The number of carbonyl (C=O) groups is 2. The van der Waals surface area contributed by atoms with Gasteiger partial charge in [-0.15, -0.1) is 0 Å². The van der Waals surface area contributed by atoms with Crippen LogP contribution < -0.4 is 10.2 Å². The predicted octanol–water partition coefficient (Wildman–Crippen LogP) is 5.29. The van der Waals surface area contributed by atoms with Crippen LogP contribution in [0.2, 0.25) is 0 Å². The number of carbonyl (C=O) groups excluding carboxylic acids is 2. The van der Waals surface area contributed by atoms with E-state index in [-0.39, 0.29) is 17.5 Å². The molecule has 1 aliphatic heterocycles. The molecule has 2 heterocycles. The molecule has 1 aromatic heterocycles. The van der Waals surface area contributed by atoms with E-state index in [9.17, 15) is 9.59 Å². The quantitative estimate of drug-likeness (QED) is 0.339. The molecular weight excluding hydrogens is 496 g/mol. The SMILES string of the molecule is CCN(CC)c1ccc(/C=C2/N=C(c3ccc(NC(=O)c4cncc(Br)c4)cc3)OC2=O)cc1. The molecule has 0 fully saturated rings. The number of halogens is 1. The van der Waals surface area contributed by atoms with Crippen LogP contribution in [0.15, 0.2) is 82.2 Å². The highest BCUT2D eigenvalue weighted by Crippen LogP contribution is 2.22. The predicted molar refractivity (Wildman–Crippen MR) is 137 cm³/mol. The number of benzene rings is 2. The summed E-state index contributed by atoms with van der Waals surface area (Å²) in [6, 6.07) is 16.6. The summed E-state index contributed by atoms with van der Waals surface area (Å²) in [6.07, 6.45) is 4.81. The molecule has 1 N–H and O–H groups in total. The second-order valence-corrected chi connectivity index (χ2v) is 8.44. The van der Waals surface area contributed by atoms with E-state index in [4.69, 9.17) is 4.74 Å². The minimum Gasteiger partial charge on any atom is -0.402 e. The Labute approximate surface area is 206 Å². The Kier molecular flexibility index (Phi) is 7.18. The van der Waals surface area contributed by atoms with Crippen LogP contribution in [-0.2, 0) is 9.53 Å². The third-order valence-corrected chi connectivity index (χ3v) is 5.74. The van der Waals surface area contributed by atoms with Gasteiger partial charge in [0.2, 0.25) is 5.90 Å². The second kappa shape index (κ2) is 10.4. The molecule has 0 saturated heterocycles. The summed E-state index contributed by atoms with van der Waals surface area (Å²) in [6.45, 7) is 6.09. The molecule has 7 nitrogen and oxygen atoms in total. The van der Waals surface area contributed by atoms with Gasteiger partial charge < -0.3 is 15.0 Å². The van der Waals surface area contributed by atoms with Crippen LogP contribution in [0, 0.1) is 0 Å². The zero-order valence-corrected chi connectivity index (χ0v) is 20.4. The molecule has 172 valence electrons. The third kappa shape index (κ3) is 5.40. The van der Waals surface area contributed by atoms with Gasteiger partial charge in [0, 0.05) is 46.9 Å². The Balaban J connectivity index is 1.46. The van der Waals surface area contributed by atoms with Crippen LogP contribution >= 0.6 is 15.9 Å². The highest BCUT2D eigenvalue weighted by Gasteiger charge is 2.24. The Morgan fingerprint density at radius 2 is 1.76 bits per heavy atom. The van der Waals surface area contributed by atoms with E-state index >= 15 is 0 Å². The standard InChI is InChI=1S/C26H23BrN4O3/c1-3-31(4-2)22-11-5-17(6-12-22)13-23-26(33)34-25(30-23)18-7-9-21(10-8-18)29-24(32)19-14-20(27)16-28-15-19/h5-16H,3-4H2,1-2H3,(H,29,32)/b23-13+. The van der Waals surface area contributed by atoms with E-state index in [1.54, 1.807) is 42.6 Å². The maximum Gasteiger partial charge on any atom is 0.363 e. The van der Waals surface area contributed by atoms with Crippen molar-refractivity contribution in [1.82, 2.24) is 4.98 Å². The Hall–Kier alpha value is -3.78. The molecule has 0 bridgehead atoms. The van der Waals surface area contributed by atoms with Crippen LogP contribution in [0.4, 0.5) is 11.4 Å². The molecule has 1 amide bonds. The zero-order chi connectivity index (χ0) is 24.1. The van der Waals surface area contributed by atoms with E-state index in [0.29, 0.717) is 16.8 Å². The molecule has 2 aromatic carbocycles. The van der Waals surface area contributed by atoms with Gasteiger partial charge in [-0.25, -0.2) is 9.79 Å². The molecule has 0 aliphatic carbocycles.